The molecule has 0 fully saturated rings. The Morgan fingerprint density at radius 3 is 2.67 bits per heavy atom. The number of nitrogens with zero attached hydrogens (tertiary/aromatic N) is 1. The third-order valence-corrected chi connectivity index (χ3v) is 0.695. The molecule has 6 heavy (non-hydrogen) atoms. The van der Waals surface area contributed by atoms with Gasteiger partial charge in [-0.2, -0.15) is 5.26 Å². The number of nitriles is 1. The molecule has 0 aliphatic carbocycles. The summed E-state index contributed by atoms with van der Waals surface area (Å²) in [5.41, 5.74) is 0. The molecular weight excluding hydrogens is 144 g/mol. The van der Waals surface area contributed by atoms with Gasteiger partial charge >= 0.3 is 0 Å². The molecule has 0 atom stereocenters. The van der Waals surface area contributed by atoms with Crippen LogP contribution in [-0.2, 0) is 0 Å². The lowest BCUT2D eigenvalue weighted by atomic mass is 10.8. The molecule has 0 aliphatic heterocycles. The fraction of sp³-hybridized carbons (Fsp3) is 0.667. The van der Waals surface area contributed by atoms with Gasteiger partial charge in [-0.1, -0.05) is 15.9 Å². The van der Waals surface area contributed by atoms with Gasteiger partial charge in [0.1, 0.15) is 0 Å². The van der Waals surface area contributed by atoms with Gasteiger partial charge in [0.15, 0.2) is 6.19 Å². The zero-order chi connectivity index (χ0) is 4.83. The first-order chi connectivity index (χ1) is 2.91. The third kappa shape index (κ3) is 3.77. The molecule has 0 unspecified atom stereocenters. The van der Waals surface area contributed by atoms with Crippen molar-refractivity contribution < 1.29 is 0 Å². The minimum atomic E-state index is 0.719. The third-order valence-electron chi connectivity index (χ3n) is 0.299. The molecule has 0 aromatic carbocycles. The van der Waals surface area contributed by atoms with E-state index >= 15 is 0 Å². The van der Waals surface area contributed by atoms with Crippen molar-refractivity contribution in [3.8, 4) is 6.19 Å². The summed E-state index contributed by atoms with van der Waals surface area (Å²) < 4.78 is 0. The van der Waals surface area contributed by atoms with E-state index in [0.717, 1.165) is 11.9 Å². The molecule has 0 rings (SSSR count). The molecule has 0 heterocycles. The van der Waals surface area contributed by atoms with Gasteiger partial charge < -0.3 is 5.32 Å². The van der Waals surface area contributed by atoms with Crippen LogP contribution in [0.25, 0.3) is 0 Å². The maximum atomic E-state index is 7.82. The Morgan fingerprint density at radius 1 is 1.83 bits per heavy atom. The Balaban J connectivity index is 2.54. The van der Waals surface area contributed by atoms with Gasteiger partial charge in [0, 0.05) is 11.9 Å². The molecule has 0 aliphatic rings. The highest BCUT2D eigenvalue weighted by molar-refractivity contribution is 9.09. The van der Waals surface area contributed by atoms with E-state index in [1.165, 1.54) is 0 Å². The molecule has 0 saturated carbocycles. The predicted octanol–water partition coefficient (Wildman–Crippen LogP) is 0.452. The van der Waals surface area contributed by atoms with Gasteiger partial charge in [-0.25, -0.2) is 0 Å². The van der Waals surface area contributed by atoms with Crippen molar-refractivity contribution in [2.75, 3.05) is 11.9 Å². The van der Waals surface area contributed by atoms with Crippen molar-refractivity contribution in [3.63, 3.8) is 0 Å². The Kier molecular flexibility index (Phi) is 4.59. The summed E-state index contributed by atoms with van der Waals surface area (Å²) in [6, 6.07) is 0. The first-order valence-electron chi connectivity index (χ1n) is 1.59. The average molecular weight is 149 g/mol. The predicted molar refractivity (Wildman–Crippen MR) is 27.4 cm³/mol. The van der Waals surface area contributed by atoms with E-state index in [1.807, 2.05) is 0 Å². The standard InChI is InChI=1S/C3H5BrN2/c4-1-2-6-3-5/h6H,1-2H2. The number of nitrogens with one attached hydrogen (secondary N) is 1. The number of rotatable bonds is 2. The van der Waals surface area contributed by atoms with Gasteiger partial charge in [0.05, 0.1) is 0 Å². The lowest BCUT2D eigenvalue weighted by molar-refractivity contribution is 0.949. The number of hydrogen-bond donors (Lipinski definition) is 1. The summed E-state index contributed by atoms with van der Waals surface area (Å²) in [5, 5.41) is 11.1. The van der Waals surface area contributed by atoms with E-state index in [1.54, 1.807) is 6.19 Å². The van der Waals surface area contributed by atoms with Crippen LogP contribution in [0.4, 0.5) is 0 Å². The van der Waals surface area contributed by atoms with Gasteiger partial charge in [0.25, 0.3) is 0 Å². The summed E-state index contributed by atoms with van der Waals surface area (Å²) in [6.45, 7) is 0.719. The number of hydrogen-bond acceptors (Lipinski definition) is 2. The highest BCUT2D eigenvalue weighted by Crippen LogP contribution is 1.71. The normalized spacial score (nSPS) is 6.67. The molecule has 0 spiro atoms. The minimum absolute atomic E-state index is 0.719. The summed E-state index contributed by atoms with van der Waals surface area (Å²) in [6.07, 6.45) is 1.79. The topological polar surface area (TPSA) is 35.8 Å². The Labute approximate surface area is 45.3 Å². The van der Waals surface area contributed by atoms with Crippen LogP contribution in [0.1, 0.15) is 0 Å². The second-order valence-corrected chi connectivity index (χ2v) is 1.52. The van der Waals surface area contributed by atoms with Crippen molar-refractivity contribution in [1.29, 1.82) is 5.26 Å². The molecule has 0 aromatic rings. The molecule has 1 N–H and O–H groups in total. The van der Waals surface area contributed by atoms with Crippen molar-refractivity contribution in [1.82, 2.24) is 5.32 Å². The van der Waals surface area contributed by atoms with E-state index in [2.05, 4.69) is 21.2 Å². The molecule has 0 bridgehead atoms. The van der Waals surface area contributed by atoms with Crippen molar-refractivity contribution in [2.24, 2.45) is 0 Å². The van der Waals surface area contributed by atoms with E-state index in [-0.39, 0.29) is 0 Å². The van der Waals surface area contributed by atoms with Crippen LogP contribution in [0.15, 0.2) is 0 Å². The molecule has 0 saturated heterocycles. The minimum Gasteiger partial charge on any atom is -0.323 e. The monoisotopic (exact) mass is 148 g/mol. The fourth-order valence-corrected chi connectivity index (χ4v) is 0.301. The summed E-state index contributed by atoms with van der Waals surface area (Å²) in [4.78, 5) is 0. The molecule has 34 valence electrons. The second kappa shape index (κ2) is 4.77. The van der Waals surface area contributed by atoms with Crippen LogP contribution >= 0.6 is 15.9 Å². The molecule has 3 heteroatoms. The van der Waals surface area contributed by atoms with Gasteiger partial charge in [0.2, 0.25) is 0 Å². The van der Waals surface area contributed by atoms with E-state index in [9.17, 15) is 0 Å². The van der Waals surface area contributed by atoms with E-state index in [0.29, 0.717) is 0 Å². The van der Waals surface area contributed by atoms with Crippen LogP contribution in [0.5, 0.6) is 0 Å². The summed E-state index contributed by atoms with van der Waals surface area (Å²) in [7, 11) is 0. The largest absolute Gasteiger partial charge is 0.323 e. The first-order valence-corrected chi connectivity index (χ1v) is 2.72. The van der Waals surface area contributed by atoms with Crippen LogP contribution in [-0.4, -0.2) is 11.9 Å². The summed E-state index contributed by atoms with van der Waals surface area (Å²) in [5.74, 6) is 0. The van der Waals surface area contributed by atoms with Crippen molar-refractivity contribution >= 4 is 15.9 Å². The second-order valence-electron chi connectivity index (χ2n) is 0.728. The van der Waals surface area contributed by atoms with Crippen LogP contribution < -0.4 is 5.32 Å². The summed E-state index contributed by atoms with van der Waals surface area (Å²) >= 11 is 3.14. The molecule has 2 nitrogen and oxygen atoms in total. The maximum absolute atomic E-state index is 7.82. The zero-order valence-corrected chi connectivity index (χ0v) is 4.83. The van der Waals surface area contributed by atoms with Gasteiger partial charge in [-0.05, 0) is 0 Å². The quantitative estimate of drug-likeness (QED) is 0.268. The highest BCUT2D eigenvalue weighted by atomic mass is 79.9. The molecule has 0 radical (unpaired) electrons. The lowest BCUT2D eigenvalue weighted by Gasteiger charge is -1.82. The van der Waals surface area contributed by atoms with Crippen LogP contribution in [0, 0.1) is 11.5 Å². The molecule has 0 amide bonds. The average Bonchev–Trinajstić information content (AvgIpc) is 1.61. The van der Waals surface area contributed by atoms with Crippen LogP contribution in [0.3, 0.4) is 0 Å². The maximum Gasteiger partial charge on any atom is 0.176 e. The number of alkyl halides is 1. The van der Waals surface area contributed by atoms with Crippen LogP contribution in [0.2, 0.25) is 0 Å². The van der Waals surface area contributed by atoms with Gasteiger partial charge in [-0.3, -0.25) is 0 Å². The Hall–Kier alpha value is -0.230. The number of halogens is 1. The zero-order valence-electron chi connectivity index (χ0n) is 3.24. The Morgan fingerprint density at radius 2 is 2.50 bits per heavy atom. The SMILES string of the molecule is N#CNCCBr. The van der Waals surface area contributed by atoms with Crippen molar-refractivity contribution in [2.45, 2.75) is 0 Å². The smallest absolute Gasteiger partial charge is 0.176 e. The fourth-order valence-electron chi connectivity index (χ4n) is 0.103. The van der Waals surface area contributed by atoms with Crippen molar-refractivity contribution in [3.05, 3.63) is 0 Å². The van der Waals surface area contributed by atoms with E-state index in [4.69, 9.17) is 5.26 Å². The van der Waals surface area contributed by atoms with Gasteiger partial charge in [-0.15, -0.1) is 0 Å². The lowest BCUT2D eigenvalue weighted by Crippen LogP contribution is -2.06. The molecule has 0 aromatic heterocycles. The highest BCUT2D eigenvalue weighted by Gasteiger charge is 1.71. The van der Waals surface area contributed by atoms with E-state index < -0.39 is 0 Å². The Bertz CT molecular complexity index is 56.3. The first kappa shape index (κ1) is 5.77. The molecular formula is C3H5BrN2.